The number of hydrogen-bond acceptors (Lipinski definition) is 1. The number of carbonyl (C=O) groups is 1. The molecular formula is C11H15NO. The zero-order valence-corrected chi connectivity index (χ0v) is 8.13. The monoisotopic (exact) mass is 177 g/mol. The van der Waals surface area contributed by atoms with Crippen LogP contribution in [0.4, 0.5) is 0 Å². The van der Waals surface area contributed by atoms with Crippen molar-refractivity contribution >= 4 is 5.91 Å². The molecule has 0 aromatic heterocycles. The second-order valence-electron chi connectivity index (χ2n) is 3.56. The fourth-order valence-corrected chi connectivity index (χ4v) is 1.16. The number of terminal acetylenes is 1. The van der Waals surface area contributed by atoms with Crippen LogP contribution in [0.3, 0.4) is 0 Å². The molecular weight excluding hydrogens is 162 g/mol. The number of allylic oxidation sites excluding steroid dienone is 1. The van der Waals surface area contributed by atoms with Gasteiger partial charge in [-0.15, -0.1) is 6.42 Å². The molecule has 0 aromatic rings. The van der Waals surface area contributed by atoms with E-state index in [-0.39, 0.29) is 11.9 Å². The van der Waals surface area contributed by atoms with Crippen molar-refractivity contribution in [2.24, 2.45) is 5.92 Å². The third-order valence-electron chi connectivity index (χ3n) is 2.19. The topological polar surface area (TPSA) is 29.1 Å². The smallest absolute Gasteiger partial charge is 0.244 e. The predicted molar refractivity (Wildman–Crippen MR) is 52.9 cm³/mol. The molecule has 1 atom stereocenters. The first-order valence-electron chi connectivity index (χ1n) is 4.58. The minimum atomic E-state index is -0.184. The molecule has 0 aliphatic heterocycles. The second kappa shape index (κ2) is 4.13. The molecule has 0 bridgehead atoms. The Morgan fingerprint density at radius 2 is 2.31 bits per heavy atom. The summed E-state index contributed by atoms with van der Waals surface area (Å²) in [6, 6.07) is -0.184. The van der Waals surface area contributed by atoms with Gasteiger partial charge in [-0.3, -0.25) is 4.79 Å². The highest BCUT2D eigenvalue weighted by Gasteiger charge is 2.23. The van der Waals surface area contributed by atoms with Gasteiger partial charge in [-0.25, -0.2) is 0 Å². The third-order valence-corrected chi connectivity index (χ3v) is 2.19. The lowest BCUT2D eigenvalue weighted by Gasteiger charge is -2.04. The van der Waals surface area contributed by atoms with Crippen LogP contribution in [0.25, 0.3) is 0 Å². The molecule has 1 aliphatic rings. The van der Waals surface area contributed by atoms with Gasteiger partial charge in [0.1, 0.15) is 0 Å². The number of amides is 1. The maximum Gasteiger partial charge on any atom is 0.244 e. The van der Waals surface area contributed by atoms with Gasteiger partial charge in [0.2, 0.25) is 5.91 Å². The van der Waals surface area contributed by atoms with Crippen molar-refractivity contribution in [2.75, 3.05) is 0 Å². The molecule has 2 nitrogen and oxygen atoms in total. The van der Waals surface area contributed by atoms with Crippen LogP contribution in [0.1, 0.15) is 26.7 Å². The quantitative estimate of drug-likeness (QED) is 0.513. The Balaban J connectivity index is 2.40. The van der Waals surface area contributed by atoms with Crippen LogP contribution in [0, 0.1) is 18.3 Å². The summed E-state index contributed by atoms with van der Waals surface area (Å²) in [7, 11) is 0. The Morgan fingerprint density at radius 1 is 1.69 bits per heavy atom. The van der Waals surface area contributed by atoms with Crippen molar-refractivity contribution < 1.29 is 4.79 Å². The lowest BCUT2D eigenvalue weighted by Crippen LogP contribution is -2.29. The normalized spacial score (nSPS) is 19.0. The summed E-state index contributed by atoms with van der Waals surface area (Å²) in [5.74, 6) is 3.02. The van der Waals surface area contributed by atoms with E-state index in [1.807, 2.05) is 6.92 Å². The zero-order chi connectivity index (χ0) is 9.84. The molecule has 0 heterocycles. The van der Waals surface area contributed by atoms with Crippen LogP contribution >= 0.6 is 0 Å². The van der Waals surface area contributed by atoms with E-state index >= 15 is 0 Å². The van der Waals surface area contributed by atoms with Gasteiger partial charge in [-0.1, -0.05) is 11.5 Å². The summed E-state index contributed by atoms with van der Waals surface area (Å²) in [4.78, 5) is 11.3. The molecule has 1 unspecified atom stereocenters. The Hall–Kier alpha value is -1.23. The molecule has 0 aromatic carbocycles. The van der Waals surface area contributed by atoms with E-state index in [1.54, 1.807) is 13.0 Å². The maximum atomic E-state index is 11.3. The van der Waals surface area contributed by atoms with E-state index in [0.29, 0.717) is 5.92 Å². The highest BCUT2D eigenvalue weighted by atomic mass is 16.1. The van der Waals surface area contributed by atoms with E-state index in [1.165, 1.54) is 18.4 Å². The first kappa shape index (κ1) is 9.85. The van der Waals surface area contributed by atoms with E-state index < -0.39 is 0 Å². The van der Waals surface area contributed by atoms with Gasteiger partial charge >= 0.3 is 0 Å². The summed E-state index contributed by atoms with van der Waals surface area (Å²) in [6.45, 7) is 3.79. The molecule has 2 heteroatoms. The highest BCUT2D eigenvalue weighted by molar-refractivity contribution is 5.88. The fourth-order valence-electron chi connectivity index (χ4n) is 1.16. The van der Waals surface area contributed by atoms with Crippen molar-refractivity contribution in [3.8, 4) is 12.3 Å². The summed E-state index contributed by atoms with van der Waals surface area (Å²) < 4.78 is 0. The van der Waals surface area contributed by atoms with E-state index in [9.17, 15) is 4.79 Å². The molecule has 1 rings (SSSR count). The maximum absolute atomic E-state index is 11.3. The van der Waals surface area contributed by atoms with Crippen molar-refractivity contribution in [3.63, 3.8) is 0 Å². The average Bonchev–Trinajstić information content (AvgIpc) is 2.85. The molecule has 1 N–H and O–H groups in total. The van der Waals surface area contributed by atoms with Crippen molar-refractivity contribution in [2.45, 2.75) is 32.7 Å². The summed E-state index contributed by atoms with van der Waals surface area (Å²) >= 11 is 0. The molecule has 1 amide bonds. The van der Waals surface area contributed by atoms with Gasteiger partial charge in [0.05, 0.1) is 6.04 Å². The van der Waals surface area contributed by atoms with Gasteiger partial charge in [0.15, 0.2) is 0 Å². The Kier molecular flexibility index (Phi) is 3.13. The molecule has 0 spiro atoms. The van der Waals surface area contributed by atoms with Crippen LogP contribution in [0.15, 0.2) is 11.6 Å². The van der Waals surface area contributed by atoms with Crippen LogP contribution < -0.4 is 5.32 Å². The molecule has 0 saturated heterocycles. The summed E-state index contributed by atoms with van der Waals surface area (Å²) in [5.41, 5.74) is 1.17. The van der Waals surface area contributed by atoms with Gasteiger partial charge in [-0.2, -0.15) is 0 Å². The average molecular weight is 177 g/mol. The number of rotatable bonds is 3. The lowest BCUT2D eigenvalue weighted by molar-refractivity contribution is -0.116. The van der Waals surface area contributed by atoms with Crippen molar-refractivity contribution in [1.82, 2.24) is 5.32 Å². The Bertz CT molecular complexity index is 268. The molecule has 1 aliphatic carbocycles. The second-order valence-corrected chi connectivity index (χ2v) is 3.56. The molecule has 70 valence electrons. The molecule has 13 heavy (non-hydrogen) atoms. The van der Waals surface area contributed by atoms with Crippen LogP contribution in [-0.4, -0.2) is 11.9 Å². The highest BCUT2D eigenvalue weighted by Crippen LogP contribution is 2.35. The van der Waals surface area contributed by atoms with Crippen molar-refractivity contribution in [1.29, 1.82) is 0 Å². The zero-order valence-electron chi connectivity index (χ0n) is 8.13. The van der Waals surface area contributed by atoms with E-state index in [2.05, 4.69) is 11.2 Å². The largest absolute Gasteiger partial charge is 0.339 e. The van der Waals surface area contributed by atoms with Gasteiger partial charge in [-0.05, 0) is 32.6 Å². The summed E-state index contributed by atoms with van der Waals surface area (Å²) in [5, 5.41) is 2.69. The number of nitrogens with one attached hydrogen (secondary N) is 1. The lowest BCUT2D eigenvalue weighted by atomic mass is 10.2. The van der Waals surface area contributed by atoms with Crippen LogP contribution in [-0.2, 0) is 4.79 Å². The molecule has 0 radical (unpaired) electrons. The fraction of sp³-hybridized carbons (Fsp3) is 0.545. The van der Waals surface area contributed by atoms with Gasteiger partial charge in [0, 0.05) is 6.08 Å². The number of carbonyl (C=O) groups excluding carboxylic acids is 1. The standard InChI is InChI=1S/C11H15NO/c1-4-9(3)12-11(13)7-8(2)10-5-6-10/h1,7,9-10H,5-6H2,2-3H3,(H,12,13)/b8-7-. The van der Waals surface area contributed by atoms with Crippen molar-refractivity contribution in [3.05, 3.63) is 11.6 Å². The van der Waals surface area contributed by atoms with Gasteiger partial charge < -0.3 is 5.32 Å². The van der Waals surface area contributed by atoms with Crippen LogP contribution in [0.5, 0.6) is 0 Å². The number of hydrogen-bond donors (Lipinski definition) is 1. The predicted octanol–water partition coefficient (Wildman–Crippen LogP) is 1.48. The third kappa shape index (κ3) is 3.33. The summed E-state index contributed by atoms with van der Waals surface area (Å²) in [6.07, 6.45) is 9.24. The minimum absolute atomic E-state index is 0.0742. The first-order chi connectivity index (χ1) is 6.13. The van der Waals surface area contributed by atoms with Gasteiger partial charge in [0.25, 0.3) is 0 Å². The Morgan fingerprint density at radius 3 is 2.77 bits per heavy atom. The molecule has 1 saturated carbocycles. The Labute approximate surface area is 79.4 Å². The first-order valence-corrected chi connectivity index (χ1v) is 4.58. The van der Waals surface area contributed by atoms with E-state index in [0.717, 1.165) is 0 Å². The molecule has 1 fully saturated rings. The van der Waals surface area contributed by atoms with E-state index in [4.69, 9.17) is 6.42 Å². The van der Waals surface area contributed by atoms with Crippen LogP contribution in [0.2, 0.25) is 0 Å². The SMILES string of the molecule is C#CC(C)NC(=O)/C=C(/C)C1CC1. The minimum Gasteiger partial charge on any atom is -0.339 e.